The van der Waals surface area contributed by atoms with Gasteiger partial charge in [0, 0.05) is 19.3 Å². The Morgan fingerprint density at radius 3 is 1.12 bits per heavy atom. The fraction of sp³-hybridized carbons (Fsp3) is 0.641. The number of phosphoric acid groups is 1. The number of carbonyl (C=O) groups excluding carboxylic acids is 3. The zero-order chi connectivity index (χ0) is 55.5. The lowest BCUT2D eigenvalue weighted by molar-refractivity contribution is -0.161. The van der Waals surface area contributed by atoms with Crippen LogP contribution in [0, 0.1) is 0 Å². The first kappa shape index (κ1) is 71.9. The lowest BCUT2D eigenvalue weighted by Gasteiger charge is -2.21. The number of allylic oxidation sites excluding steroid dienone is 20. The maximum Gasteiger partial charge on any atom is 0.472 e. The topological polar surface area (TPSA) is 155 Å². The van der Waals surface area contributed by atoms with Gasteiger partial charge in [-0.25, -0.2) is 4.57 Å². The van der Waals surface area contributed by atoms with Crippen LogP contribution in [0.15, 0.2) is 122 Å². The highest BCUT2D eigenvalue weighted by Crippen LogP contribution is 2.43. The van der Waals surface area contributed by atoms with E-state index in [1.54, 1.807) is 0 Å². The second-order valence-electron chi connectivity index (χ2n) is 19.0. The van der Waals surface area contributed by atoms with Gasteiger partial charge in [-0.05, 0) is 116 Å². The molecule has 0 heterocycles. The van der Waals surface area contributed by atoms with E-state index in [4.69, 9.17) is 23.3 Å². The molecule has 0 aliphatic heterocycles. The van der Waals surface area contributed by atoms with E-state index in [9.17, 15) is 28.9 Å². The number of aliphatic hydroxyl groups is 1. The molecule has 76 heavy (non-hydrogen) atoms. The van der Waals surface area contributed by atoms with Crippen molar-refractivity contribution in [2.45, 2.75) is 238 Å². The lowest BCUT2D eigenvalue weighted by Crippen LogP contribution is -2.30. The molecule has 3 atom stereocenters. The highest BCUT2D eigenvalue weighted by Gasteiger charge is 2.28. The summed E-state index contributed by atoms with van der Waals surface area (Å²) in [5, 5.41) is 9.82. The van der Waals surface area contributed by atoms with Gasteiger partial charge >= 0.3 is 25.7 Å². The predicted molar refractivity (Wildman–Crippen MR) is 316 cm³/mol. The molecule has 0 aromatic heterocycles. The minimum absolute atomic E-state index is 0.0909. The van der Waals surface area contributed by atoms with Gasteiger partial charge in [0.1, 0.15) is 12.7 Å². The quantitative estimate of drug-likeness (QED) is 0.0197. The van der Waals surface area contributed by atoms with Crippen molar-refractivity contribution in [1.29, 1.82) is 0 Å². The van der Waals surface area contributed by atoms with E-state index in [1.807, 2.05) is 12.2 Å². The third kappa shape index (κ3) is 54.7. The maximum atomic E-state index is 12.9. The molecule has 0 saturated heterocycles. The van der Waals surface area contributed by atoms with Gasteiger partial charge in [0.05, 0.1) is 19.8 Å². The van der Waals surface area contributed by atoms with Crippen molar-refractivity contribution in [2.75, 3.05) is 26.4 Å². The van der Waals surface area contributed by atoms with Crippen LogP contribution in [-0.2, 0) is 42.2 Å². The fourth-order valence-electron chi connectivity index (χ4n) is 7.45. The van der Waals surface area contributed by atoms with E-state index >= 15 is 0 Å². The van der Waals surface area contributed by atoms with Crippen LogP contribution >= 0.6 is 7.82 Å². The standard InChI is InChI=1S/C64H105O11P/c1-4-7-10-13-16-19-22-25-28-29-30-31-34-35-38-41-44-47-50-53-62(66)71-57-61(75-64(68)55-52-49-46-43-40-37-33-27-24-21-18-15-12-9-6-3)59-73-76(69,70)72-58-60(56-65)74-63(67)54-51-48-45-42-39-36-32-26-23-20-17-14-11-8-5-2/h7,9-10,12,16,18-19,21,25-28,30-33,35,38,44,47,60-61,65H,4-6,8,11,13-15,17,20,22-24,29,34,36-37,39-43,45-46,48-59H2,1-3H3,(H,69,70)/b10-7-,12-9-,19-16-,21-18-,28-25-,31-30-,32-26-,33-27-,38-35-,47-44-. The van der Waals surface area contributed by atoms with E-state index < -0.39 is 57.8 Å². The summed E-state index contributed by atoms with van der Waals surface area (Å²) in [4.78, 5) is 48.5. The summed E-state index contributed by atoms with van der Waals surface area (Å²) in [5.41, 5.74) is 0. The molecule has 0 amide bonds. The second kappa shape index (κ2) is 57.1. The number of phosphoric ester groups is 1. The molecule has 0 aliphatic carbocycles. The largest absolute Gasteiger partial charge is 0.472 e. The predicted octanol–water partition coefficient (Wildman–Crippen LogP) is 17.6. The van der Waals surface area contributed by atoms with Crippen molar-refractivity contribution in [2.24, 2.45) is 0 Å². The molecule has 0 aliphatic rings. The molecular formula is C64H105O11P. The summed E-state index contributed by atoms with van der Waals surface area (Å²) in [7, 11) is -4.78. The van der Waals surface area contributed by atoms with E-state index in [1.165, 1.54) is 38.5 Å². The average molecular weight is 1080 g/mol. The molecule has 2 N–H and O–H groups in total. The number of unbranched alkanes of at least 4 members (excludes halogenated alkanes) is 16. The third-order valence-corrected chi connectivity index (χ3v) is 12.8. The van der Waals surface area contributed by atoms with Gasteiger partial charge in [0.15, 0.2) is 6.10 Å². The zero-order valence-corrected chi connectivity index (χ0v) is 48.6. The monoisotopic (exact) mass is 1080 g/mol. The van der Waals surface area contributed by atoms with E-state index in [2.05, 4.69) is 130 Å². The van der Waals surface area contributed by atoms with Gasteiger partial charge in [-0.1, -0.05) is 213 Å². The molecule has 0 radical (unpaired) electrons. The van der Waals surface area contributed by atoms with Crippen LogP contribution in [0.2, 0.25) is 0 Å². The Hall–Kier alpha value is -4.12. The Kier molecular flexibility index (Phi) is 54.0. The molecular weight excluding hydrogens is 976 g/mol. The van der Waals surface area contributed by atoms with Crippen LogP contribution in [0.1, 0.15) is 226 Å². The number of ether oxygens (including phenoxy) is 3. The van der Waals surface area contributed by atoms with E-state index in [-0.39, 0.29) is 25.9 Å². The highest BCUT2D eigenvalue weighted by molar-refractivity contribution is 7.47. The molecule has 0 aromatic carbocycles. The highest BCUT2D eigenvalue weighted by atomic mass is 31.2. The van der Waals surface area contributed by atoms with Crippen LogP contribution < -0.4 is 0 Å². The molecule has 12 heteroatoms. The van der Waals surface area contributed by atoms with Gasteiger partial charge in [0.25, 0.3) is 0 Å². The van der Waals surface area contributed by atoms with Gasteiger partial charge in [-0.3, -0.25) is 23.4 Å². The molecule has 3 unspecified atom stereocenters. The van der Waals surface area contributed by atoms with E-state index in [0.29, 0.717) is 19.3 Å². The average Bonchev–Trinajstić information content (AvgIpc) is 3.41. The first-order valence-corrected chi connectivity index (χ1v) is 30.9. The van der Waals surface area contributed by atoms with Gasteiger partial charge in [0.2, 0.25) is 0 Å². The third-order valence-electron chi connectivity index (χ3n) is 11.9. The summed E-state index contributed by atoms with van der Waals surface area (Å²) in [5.74, 6) is -1.61. The van der Waals surface area contributed by atoms with Gasteiger partial charge < -0.3 is 24.2 Å². The molecule has 0 spiro atoms. The van der Waals surface area contributed by atoms with Gasteiger partial charge in [-0.2, -0.15) is 0 Å². The van der Waals surface area contributed by atoms with E-state index in [0.717, 1.165) is 128 Å². The minimum Gasteiger partial charge on any atom is -0.462 e. The number of esters is 3. The SMILES string of the molecule is CC/C=C\C/C=C\C/C=C\C/C=C\C/C=C\C/C=C\CCC(=O)OCC(COP(=O)(O)OCC(CO)OC(=O)CCCCCCC/C=C\CCCCCCCC)OC(=O)CCCCCCC/C=C\C/C=C\C/C=C\CC. The van der Waals surface area contributed by atoms with Crippen molar-refractivity contribution >= 4 is 25.7 Å². The van der Waals surface area contributed by atoms with Crippen molar-refractivity contribution in [3.63, 3.8) is 0 Å². The number of rotatable bonds is 53. The zero-order valence-electron chi connectivity index (χ0n) is 47.7. The van der Waals surface area contributed by atoms with Crippen LogP contribution in [0.3, 0.4) is 0 Å². The fourth-order valence-corrected chi connectivity index (χ4v) is 8.23. The Morgan fingerprint density at radius 1 is 0.382 bits per heavy atom. The molecule has 11 nitrogen and oxygen atoms in total. The summed E-state index contributed by atoms with van der Waals surface area (Å²) in [6.45, 7) is 4.29. The summed E-state index contributed by atoms with van der Waals surface area (Å²) in [6.07, 6.45) is 70.3. The first-order chi connectivity index (χ1) is 37.2. The Labute approximate surface area is 462 Å². The summed E-state index contributed by atoms with van der Waals surface area (Å²) < 4.78 is 39.4. The first-order valence-electron chi connectivity index (χ1n) is 29.4. The molecule has 0 saturated carbocycles. The number of hydrogen-bond acceptors (Lipinski definition) is 10. The van der Waals surface area contributed by atoms with Crippen LogP contribution in [0.4, 0.5) is 0 Å². The number of carbonyl (C=O) groups is 3. The van der Waals surface area contributed by atoms with Gasteiger partial charge in [-0.15, -0.1) is 0 Å². The minimum atomic E-state index is -4.78. The van der Waals surface area contributed by atoms with Crippen LogP contribution in [0.5, 0.6) is 0 Å². The normalized spacial score (nSPS) is 14.2. The number of aliphatic hydroxyl groups excluding tert-OH is 1. The summed E-state index contributed by atoms with van der Waals surface area (Å²) >= 11 is 0. The molecule has 432 valence electrons. The van der Waals surface area contributed by atoms with Crippen molar-refractivity contribution in [3.05, 3.63) is 122 Å². The van der Waals surface area contributed by atoms with Crippen molar-refractivity contribution in [1.82, 2.24) is 0 Å². The van der Waals surface area contributed by atoms with Crippen LogP contribution in [0.25, 0.3) is 0 Å². The van der Waals surface area contributed by atoms with Crippen molar-refractivity contribution in [3.8, 4) is 0 Å². The molecule has 0 rings (SSSR count). The molecule has 0 bridgehead atoms. The molecule has 0 fully saturated rings. The lowest BCUT2D eigenvalue weighted by atomic mass is 10.1. The number of hydrogen-bond donors (Lipinski definition) is 2. The Morgan fingerprint density at radius 2 is 0.711 bits per heavy atom. The maximum absolute atomic E-state index is 12.9. The molecule has 0 aromatic rings. The smallest absolute Gasteiger partial charge is 0.462 e. The Bertz CT molecular complexity index is 1740. The van der Waals surface area contributed by atoms with Crippen molar-refractivity contribution < 1.29 is 52.2 Å². The summed E-state index contributed by atoms with van der Waals surface area (Å²) in [6, 6.07) is 0. The van der Waals surface area contributed by atoms with Crippen LogP contribution in [-0.4, -0.2) is 66.5 Å². The second-order valence-corrected chi connectivity index (χ2v) is 20.5. The Balaban J connectivity index is 4.86.